The Kier molecular flexibility index (Phi) is 4.59. The zero-order valence-corrected chi connectivity index (χ0v) is 15.4. The van der Waals surface area contributed by atoms with Gasteiger partial charge in [-0.1, -0.05) is 0 Å². The molecule has 0 radical (unpaired) electrons. The van der Waals surface area contributed by atoms with Gasteiger partial charge >= 0.3 is 0 Å². The van der Waals surface area contributed by atoms with Crippen molar-refractivity contribution in [3.05, 3.63) is 53.4 Å². The van der Waals surface area contributed by atoms with E-state index in [4.69, 9.17) is 4.74 Å². The number of ether oxygens (including phenoxy) is 1. The number of hydrogen-bond acceptors (Lipinski definition) is 7. The Morgan fingerprint density at radius 3 is 2.73 bits per heavy atom. The summed E-state index contributed by atoms with van der Waals surface area (Å²) >= 11 is 2.52. The Bertz CT molecular complexity index is 1060. The molecule has 0 atom stereocenters. The highest BCUT2D eigenvalue weighted by Crippen LogP contribution is 2.27. The van der Waals surface area contributed by atoms with Crippen molar-refractivity contribution in [3.63, 3.8) is 0 Å². The summed E-state index contributed by atoms with van der Waals surface area (Å²) in [5.41, 5.74) is 3.83. The molecule has 0 saturated heterocycles. The van der Waals surface area contributed by atoms with E-state index in [1.165, 1.54) is 11.3 Å². The fourth-order valence-electron chi connectivity index (χ4n) is 2.44. The Balaban J connectivity index is 1.49. The van der Waals surface area contributed by atoms with Gasteiger partial charge in [-0.25, -0.2) is 4.98 Å². The van der Waals surface area contributed by atoms with E-state index in [0.717, 1.165) is 39.8 Å². The van der Waals surface area contributed by atoms with Crippen molar-refractivity contribution >= 4 is 45.1 Å². The van der Waals surface area contributed by atoms with Gasteiger partial charge in [0.25, 0.3) is 5.91 Å². The van der Waals surface area contributed by atoms with Crippen molar-refractivity contribution in [2.75, 3.05) is 11.9 Å². The summed E-state index contributed by atoms with van der Waals surface area (Å²) in [6.45, 7) is 2.58. The first-order chi connectivity index (χ1) is 12.7. The summed E-state index contributed by atoms with van der Waals surface area (Å²) < 4.78 is 13.7. The summed E-state index contributed by atoms with van der Waals surface area (Å²) in [6, 6.07) is 13.0. The second kappa shape index (κ2) is 7.19. The molecule has 130 valence electrons. The SMILES string of the molecule is CCOc1ccc(-c2csc(NC(=O)c3ccc4nsnc4c3)n2)cc1. The molecule has 0 aliphatic rings. The third-order valence-corrected chi connectivity index (χ3v) is 5.02. The summed E-state index contributed by atoms with van der Waals surface area (Å²) in [7, 11) is 0. The Labute approximate surface area is 157 Å². The van der Waals surface area contributed by atoms with Crippen molar-refractivity contribution in [2.24, 2.45) is 0 Å². The van der Waals surface area contributed by atoms with Crippen molar-refractivity contribution in [2.45, 2.75) is 6.92 Å². The first kappa shape index (κ1) is 16.6. The molecule has 4 rings (SSSR count). The average Bonchev–Trinajstić information content (AvgIpc) is 3.31. The van der Waals surface area contributed by atoms with E-state index in [9.17, 15) is 4.79 Å². The smallest absolute Gasteiger partial charge is 0.257 e. The molecule has 0 fully saturated rings. The van der Waals surface area contributed by atoms with Crippen LogP contribution in [0.1, 0.15) is 17.3 Å². The number of hydrogen-bond donors (Lipinski definition) is 1. The first-order valence-corrected chi connectivity index (χ1v) is 9.56. The highest BCUT2D eigenvalue weighted by Gasteiger charge is 2.11. The second-order valence-electron chi connectivity index (χ2n) is 5.42. The zero-order chi connectivity index (χ0) is 17.9. The molecule has 0 aliphatic carbocycles. The summed E-state index contributed by atoms with van der Waals surface area (Å²) in [4.78, 5) is 16.9. The predicted octanol–water partition coefficient (Wildman–Crippen LogP) is 4.47. The number of nitrogens with one attached hydrogen (secondary N) is 1. The maximum atomic E-state index is 12.4. The number of benzene rings is 2. The molecule has 4 aromatic rings. The van der Waals surface area contributed by atoms with Crippen molar-refractivity contribution in [1.29, 1.82) is 0 Å². The highest BCUT2D eigenvalue weighted by molar-refractivity contribution is 7.14. The third-order valence-electron chi connectivity index (χ3n) is 3.70. The van der Waals surface area contributed by atoms with Gasteiger partial charge in [0.15, 0.2) is 5.13 Å². The third kappa shape index (κ3) is 3.42. The summed E-state index contributed by atoms with van der Waals surface area (Å²) in [5.74, 6) is 0.611. The average molecular weight is 382 g/mol. The molecule has 6 nitrogen and oxygen atoms in total. The molecular formula is C18H14N4O2S2. The first-order valence-electron chi connectivity index (χ1n) is 7.95. The standard InChI is InChI=1S/C18H14N4O2S2/c1-2-24-13-6-3-11(4-7-13)16-10-25-18(19-16)20-17(23)12-5-8-14-15(9-12)22-26-21-14/h3-10H,2H2,1H3,(H,19,20,23). The van der Waals surface area contributed by atoms with E-state index in [1.54, 1.807) is 18.2 Å². The minimum atomic E-state index is -0.215. The molecule has 2 aromatic heterocycles. The number of rotatable bonds is 5. The van der Waals surface area contributed by atoms with E-state index in [1.807, 2.05) is 36.6 Å². The molecule has 26 heavy (non-hydrogen) atoms. The molecule has 0 aliphatic heterocycles. The van der Waals surface area contributed by atoms with Crippen LogP contribution in [0.25, 0.3) is 22.3 Å². The van der Waals surface area contributed by atoms with Crippen LogP contribution in [0.15, 0.2) is 47.8 Å². The molecule has 0 bridgehead atoms. The Morgan fingerprint density at radius 1 is 1.12 bits per heavy atom. The van der Waals surface area contributed by atoms with Gasteiger partial charge in [0.1, 0.15) is 16.8 Å². The van der Waals surface area contributed by atoms with E-state index in [0.29, 0.717) is 17.3 Å². The van der Waals surface area contributed by atoms with Gasteiger partial charge in [-0.05, 0) is 49.4 Å². The van der Waals surface area contributed by atoms with Crippen LogP contribution in [0.5, 0.6) is 5.75 Å². The number of anilines is 1. The zero-order valence-electron chi connectivity index (χ0n) is 13.8. The fourth-order valence-corrected chi connectivity index (χ4v) is 3.68. The molecule has 2 aromatic carbocycles. The van der Waals surface area contributed by atoms with Gasteiger partial charge in [0, 0.05) is 16.5 Å². The minimum Gasteiger partial charge on any atom is -0.494 e. The van der Waals surface area contributed by atoms with Crippen LogP contribution in [0.2, 0.25) is 0 Å². The number of nitrogens with zero attached hydrogens (tertiary/aromatic N) is 3. The van der Waals surface area contributed by atoms with E-state index < -0.39 is 0 Å². The lowest BCUT2D eigenvalue weighted by molar-refractivity contribution is 0.102. The number of carbonyl (C=O) groups is 1. The lowest BCUT2D eigenvalue weighted by Crippen LogP contribution is -2.11. The maximum absolute atomic E-state index is 12.4. The van der Waals surface area contributed by atoms with Crippen LogP contribution in [0.4, 0.5) is 5.13 Å². The molecule has 8 heteroatoms. The monoisotopic (exact) mass is 382 g/mol. The molecule has 0 unspecified atom stereocenters. The quantitative estimate of drug-likeness (QED) is 0.551. The molecule has 2 heterocycles. The van der Waals surface area contributed by atoms with Crippen LogP contribution < -0.4 is 10.1 Å². The van der Waals surface area contributed by atoms with Crippen LogP contribution in [-0.4, -0.2) is 26.2 Å². The van der Waals surface area contributed by atoms with Gasteiger partial charge in [-0.2, -0.15) is 8.75 Å². The second-order valence-corrected chi connectivity index (χ2v) is 6.80. The molecule has 1 N–H and O–H groups in total. The lowest BCUT2D eigenvalue weighted by Gasteiger charge is -2.03. The minimum absolute atomic E-state index is 0.215. The number of aromatic nitrogens is 3. The number of fused-ring (bicyclic) bond motifs is 1. The number of amides is 1. The predicted molar refractivity (Wildman–Crippen MR) is 104 cm³/mol. The van der Waals surface area contributed by atoms with E-state index >= 15 is 0 Å². The van der Waals surface area contributed by atoms with Crippen LogP contribution in [-0.2, 0) is 0 Å². The number of carbonyl (C=O) groups excluding carboxylic acids is 1. The topological polar surface area (TPSA) is 77.0 Å². The van der Waals surface area contributed by atoms with Crippen LogP contribution >= 0.6 is 23.1 Å². The van der Waals surface area contributed by atoms with Crippen molar-refractivity contribution < 1.29 is 9.53 Å². The van der Waals surface area contributed by atoms with Gasteiger partial charge in [-0.3, -0.25) is 10.1 Å². The molecule has 0 spiro atoms. The molecular weight excluding hydrogens is 368 g/mol. The largest absolute Gasteiger partial charge is 0.494 e. The van der Waals surface area contributed by atoms with Gasteiger partial charge in [0.05, 0.1) is 24.0 Å². The lowest BCUT2D eigenvalue weighted by atomic mass is 10.2. The fraction of sp³-hybridized carbons (Fsp3) is 0.111. The van der Waals surface area contributed by atoms with Crippen LogP contribution in [0.3, 0.4) is 0 Å². The van der Waals surface area contributed by atoms with Crippen molar-refractivity contribution in [3.8, 4) is 17.0 Å². The summed E-state index contributed by atoms with van der Waals surface area (Å²) in [5, 5.41) is 5.30. The van der Waals surface area contributed by atoms with Gasteiger partial charge in [0.2, 0.25) is 0 Å². The van der Waals surface area contributed by atoms with Gasteiger partial charge < -0.3 is 4.74 Å². The Morgan fingerprint density at radius 2 is 1.92 bits per heavy atom. The van der Waals surface area contributed by atoms with Gasteiger partial charge in [-0.15, -0.1) is 11.3 Å². The van der Waals surface area contributed by atoms with Crippen molar-refractivity contribution in [1.82, 2.24) is 13.7 Å². The summed E-state index contributed by atoms with van der Waals surface area (Å²) in [6.07, 6.45) is 0. The number of thiazole rings is 1. The Hall–Kier alpha value is -2.84. The highest BCUT2D eigenvalue weighted by atomic mass is 32.1. The van der Waals surface area contributed by atoms with E-state index in [2.05, 4.69) is 19.0 Å². The molecule has 0 saturated carbocycles. The van der Waals surface area contributed by atoms with Crippen LogP contribution in [0, 0.1) is 0 Å². The maximum Gasteiger partial charge on any atom is 0.257 e. The normalized spacial score (nSPS) is 10.8. The molecule has 1 amide bonds. The van der Waals surface area contributed by atoms with E-state index in [-0.39, 0.29) is 5.91 Å².